The number of nitrogens with one attached hydrogen (secondary N) is 1. The van der Waals surface area contributed by atoms with Gasteiger partial charge in [-0.15, -0.1) is 0 Å². The first-order valence-electron chi connectivity index (χ1n) is 11.3. The number of nitrogens with zero attached hydrogens (tertiary/aromatic N) is 4. The third-order valence-electron chi connectivity index (χ3n) is 5.08. The van der Waals surface area contributed by atoms with Crippen LogP contribution in [-0.2, 0) is 10.2 Å². The van der Waals surface area contributed by atoms with Gasteiger partial charge in [0.1, 0.15) is 5.82 Å². The van der Waals surface area contributed by atoms with Crippen LogP contribution in [0.2, 0.25) is 5.02 Å². The highest BCUT2D eigenvalue weighted by atomic mass is 35.5. The molecule has 3 aromatic carbocycles. The van der Waals surface area contributed by atoms with Crippen molar-refractivity contribution in [1.29, 1.82) is 0 Å². The molecule has 1 aliphatic rings. The molecule has 1 heterocycles. The van der Waals surface area contributed by atoms with E-state index >= 15 is 0 Å². The van der Waals surface area contributed by atoms with Crippen LogP contribution in [0.25, 0.3) is 0 Å². The number of nitrogens with two attached hydrogens (primary N) is 1. The van der Waals surface area contributed by atoms with Gasteiger partial charge in [-0.25, -0.2) is 19.5 Å². The van der Waals surface area contributed by atoms with Crippen molar-refractivity contribution >= 4 is 45.4 Å². The first kappa shape index (κ1) is 28.6. The van der Waals surface area contributed by atoms with Gasteiger partial charge in [0.25, 0.3) is 10.2 Å². The van der Waals surface area contributed by atoms with E-state index in [0.717, 1.165) is 20.5 Å². The molecule has 0 atom stereocenters. The summed E-state index contributed by atoms with van der Waals surface area (Å²) in [5.74, 6) is 0.168. The largest absolute Gasteiger partial charge is 0.295 e. The summed E-state index contributed by atoms with van der Waals surface area (Å²) in [5.41, 5.74) is 1.65. The Kier molecular flexibility index (Phi) is 10.9. The average Bonchev–Trinajstić information content (AvgIpc) is 3.38. The summed E-state index contributed by atoms with van der Waals surface area (Å²) in [6.07, 6.45) is 0.662. The van der Waals surface area contributed by atoms with Crippen LogP contribution in [0.4, 0.5) is 4.39 Å². The summed E-state index contributed by atoms with van der Waals surface area (Å²) >= 11 is 7.26. The van der Waals surface area contributed by atoms with E-state index in [0.29, 0.717) is 23.9 Å². The van der Waals surface area contributed by atoms with Gasteiger partial charge in [0.15, 0.2) is 0 Å². The number of halogens is 2. The maximum atomic E-state index is 13.2. The van der Waals surface area contributed by atoms with Gasteiger partial charge in [-0.3, -0.25) is 4.72 Å². The smallest absolute Gasteiger partial charge is 0.276 e. The number of benzene rings is 3. The Labute approximate surface area is 226 Å². The zero-order valence-corrected chi connectivity index (χ0v) is 22.6. The Hall–Kier alpha value is -2.96. The second-order valence-corrected chi connectivity index (χ2v) is 10.8. The van der Waals surface area contributed by atoms with Crippen molar-refractivity contribution in [2.24, 2.45) is 15.2 Å². The van der Waals surface area contributed by atoms with E-state index in [1.165, 1.54) is 31.1 Å². The maximum absolute atomic E-state index is 13.2. The third-order valence-corrected chi connectivity index (χ3v) is 7.17. The van der Waals surface area contributed by atoms with Crippen molar-refractivity contribution < 1.29 is 12.8 Å². The number of guanidine groups is 1. The summed E-state index contributed by atoms with van der Waals surface area (Å²) in [7, 11) is -2.38. The maximum Gasteiger partial charge on any atom is 0.276 e. The van der Waals surface area contributed by atoms with Crippen molar-refractivity contribution in [2.45, 2.75) is 11.3 Å². The minimum Gasteiger partial charge on any atom is -0.295 e. The molecule has 0 amide bonds. The molecule has 0 aromatic heterocycles. The Morgan fingerprint density at radius 3 is 2.27 bits per heavy atom. The number of rotatable bonds is 7. The molecule has 0 spiro atoms. The standard InChI is InChI=1S/C19H22ClFN6O2S2.C6H6/c1-26(31(22,28)29)13-11-23-19(25-30-17-8-4-15(20)5-9-17)27-12-10-18(24-27)14-2-6-16(21)7-3-14;1-2-4-6-5-3-1/h2-9H,10-13H2,1H3,(H,23,25)(H2,22,28,29);1-6H. The molecule has 0 unspecified atom stereocenters. The normalized spacial score (nSPS) is 13.7. The van der Waals surface area contributed by atoms with Gasteiger partial charge >= 0.3 is 0 Å². The van der Waals surface area contributed by atoms with Crippen LogP contribution >= 0.6 is 23.5 Å². The van der Waals surface area contributed by atoms with Gasteiger partial charge in [0.05, 0.1) is 18.8 Å². The molecule has 196 valence electrons. The minimum absolute atomic E-state index is 0.123. The van der Waals surface area contributed by atoms with E-state index in [9.17, 15) is 12.8 Å². The molecule has 0 saturated carbocycles. The van der Waals surface area contributed by atoms with E-state index in [-0.39, 0.29) is 18.9 Å². The number of hydrogen-bond donors (Lipinski definition) is 2. The van der Waals surface area contributed by atoms with Crippen LogP contribution in [-0.4, -0.2) is 56.1 Å². The average molecular weight is 563 g/mol. The van der Waals surface area contributed by atoms with Crippen LogP contribution in [0.3, 0.4) is 0 Å². The highest BCUT2D eigenvalue weighted by molar-refractivity contribution is 7.98. The second-order valence-electron chi connectivity index (χ2n) is 7.81. The van der Waals surface area contributed by atoms with Crippen molar-refractivity contribution in [1.82, 2.24) is 14.0 Å². The number of likely N-dealkylation sites (N-methyl/N-ethyl adjacent to an activating group) is 1. The predicted octanol–water partition coefficient (Wildman–Crippen LogP) is 4.36. The molecule has 4 rings (SSSR count). The van der Waals surface area contributed by atoms with Crippen LogP contribution in [0.15, 0.2) is 99.9 Å². The van der Waals surface area contributed by atoms with Crippen LogP contribution in [0.1, 0.15) is 12.0 Å². The number of hydrazone groups is 1. The van der Waals surface area contributed by atoms with Crippen molar-refractivity contribution in [3.05, 3.63) is 101 Å². The van der Waals surface area contributed by atoms with Gasteiger partial charge in [-0.05, 0) is 53.9 Å². The molecule has 37 heavy (non-hydrogen) atoms. The quantitative estimate of drug-likeness (QED) is 0.253. The first-order valence-corrected chi connectivity index (χ1v) is 14.0. The Balaban J connectivity index is 0.000000555. The highest BCUT2D eigenvalue weighted by Gasteiger charge is 2.21. The molecule has 3 N–H and O–H groups in total. The summed E-state index contributed by atoms with van der Waals surface area (Å²) < 4.78 is 40.2. The molecule has 3 aromatic rings. The number of hydrogen-bond acceptors (Lipinski definition) is 5. The molecule has 0 radical (unpaired) electrons. The van der Waals surface area contributed by atoms with Gasteiger partial charge in [-0.1, -0.05) is 60.1 Å². The molecule has 1 aliphatic heterocycles. The monoisotopic (exact) mass is 562 g/mol. The SMILES string of the molecule is CN(CCN=C(NSc1ccc(Cl)cc1)N1CCC(c2ccc(F)cc2)=N1)S(N)(=O)=O.c1ccccc1. The van der Waals surface area contributed by atoms with E-state index in [4.69, 9.17) is 16.7 Å². The Morgan fingerprint density at radius 2 is 1.70 bits per heavy atom. The van der Waals surface area contributed by atoms with E-state index in [2.05, 4.69) is 14.8 Å². The highest BCUT2D eigenvalue weighted by Crippen LogP contribution is 2.20. The fourth-order valence-electron chi connectivity index (χ4n) is 3.04. The van der Waals surface area contributed by atoms with Gasteiger partial charge < -0.3 is 0 Å². The van der Waals surface area contributed by atoms with Gasteiger partial charge in [0.2, 0.25) is 5.96 Å². The zero-order valence-electron chi connectivity index (χ0n) is 20.2. The lowest BCUT2D eigenvalue weighted by atomic mass is 10.1. The summed E-state index contributed by atoms with van der Waals surface area (Å²) in [6.45, 7) is 0.886. The Morgan fingerprint density at radius 1 is 1.11 bits per heavy atom. The molecule has 0 saturated heterocycles. The Bertz CT molecular complexity index is 1260. The fourth-order valence-corrected chi connectivity index (χ4v) is 4.15. The first-order chi connectivity index (χ1) is 17.7. The van der Waals surface area contributed by atoms with Crippen LogP contribution in [0, 0.1) is 5.82 Å². The molecule has 0 fully saturated rings. The van der Waals surface area contributed by atoms with E-state index < -0.39 is 10.2 Å². The zero-order chi connectivity index (χ0) is 26.7. The summed E-state index contributed by atoms with van der Waals surface area (Å²) in [6, 6.07) is 25.5. The summed E-state index contributed by atoms with van der Waals surface area (Å²) in [5, 5.41) is 12.1. The van der Waals surface area contributed by atoms with Gasteiger partial charge in [0, 0.05) is 29.9 Å². The van der Waals surface area contributed by atoms with Gasteiger partial charge in [-0.2, -0.15) is 17.8 Å². The molecular weight excluding hydrogens is 535 g/mol. The van der Waals surface area contributed by atoms with Crippen LogP contribution in [0.5, 0.6) is 0 Å². The van der Waals surface area contributed by atoms with E-state index in [1.807, 2.05) is 48.5 Å². The minimum atomic E-state index is -3.77. The topological polar surface area (TPSA) is 103 Å². The predicted molar refractivity (Wildman–Crippen MR) is 149 cm³/mol. The molecule has 0 bridgehead atoms. The second kappa shape index (κ2) is 14.1. The fraction of sp³-hybridized carbons (Fsp3) is 0.200. The van der Waals surface area contributed by atoms with Crippen molar-refractivity contribution in [3.8, 4) is 0 Å². The third kappa shape index (κ3) is 9.78. The van der Waals surface area contributed by atoms with Crippen LogP contribution < -0.4 is 9.86 Å². The van der Waals surface area contributed by atoms with Crippen molar-refractivity contribution in [3.63, 3.8) is 0 Å². The number of aliphatic imine (C=N–C) groups is 1. The lowest BCUT2D eigenvalue weighted by molar-refractivity contribution is 0.464. The summed E-state index contributed by atoms with van der Waals surface area (Å²) in [4.78, 5) is 5.41. The molecular formula is C25H28ClFN6O2S2. The van der Waals surface area contributed by atoms with E-state index in [1.54, 1.807) is 29.3 Å². The molecule has 0 aliphatic carbocycles. The molecule has 8 nitrogen and oxygen atoms in total. The van der Waals surface area contributed by atoms with Crippen molar-refractivity contribution in [2.75, 3.05) is 26.7 Å². The molecule has 12 heteroatoms. The lowest BCUT2D eigenvalue weighted by Gasteiger charge is -2.18. The lowest BCUT2D eigenvalue weighted by Crippen LogP contribution is -2.37.